The van der Waals surface area contributed by atoms with Crippen molar-refractivity contribution in [3.63, 3.8) is 0 Å². The van der Waals surface area contributed by atoms with Crippen molar-refractivity contribution in [1.29, 1.82) is 0 Å². The number of hydrogen-bond donors (Lipinski definition) is 1. The Kier molecular flexibility index (Phi) is 1.20. The van der Waals surface area contributed by atoms with Gasteiger partial charge in [0.15, 0.2) is 0 Å². The molecule has 2 unspecified atom stereocenters. The highest BCUT2D eigenvalue weighted by Gasteiger charge is 2.41. The summed E-state index contributed by atoms with van der Waals surface area (Å²) in [6.07, 6.45) is 2.03. The van der Waals surface area contributed by atoms with Crippen LogP contribution < -0.4 is 0 Å². The van der Waals surface area contributed by atoms with Crippen LogP contribution in [0.2, 0.25) is 0 Å². The second-order valence-corrected chi connectivity index (χ2v) is 3.07. The van der Waals surface area contributed by atoms with E-state index < -0.39 is 0 Å². The van der Waals surface area contributed by atoms with Gasteiger partial charge in [0.1, 0.15) is 0 Å². The van der Waals surface area contributed by atoms with Crippen molar-refractivity contribution in [2.24, 2.45) is 0 Å². The van der Waals surface area contributed by atoms with Crippen LogP contribution in [-0.4, -0.2) is 34.6 Å². The molecular formula is C7H11NO2. The van der Waals surface area contributed by atoms with Gasteiger partial charge in [-0.25, -0.2) is 0 Å². The highest BCUT2D eigenvalue weighted by atomic mass is 16.3. The summed E-state index contributed by atoms with van der Waals surface area (Å²) in [5.41, 5.74) is 0. The van der Waals surface area contributed by atoms with Crippen LogP contribution in [0.15, 0.2) is 0 Å². The summed E-state index contributed by atoms with van der Waals surface area (Å²) < 4.78 is 0. The van der Waals surface area contributed by atoms with Crippen molar-refractivity contribution in [3.05, 3.63) is 0 Å². The number of amides is 1. The largest absolute Gasteiger partial charge is 0.390 e. The quantitative estimate of drug-likeness (QED) is 0.505. The Morgan fingerprint density at radius 2 is 2.40 bits per heavy atom. The maximum Gasteiger partial charge on any atom is 0.225 e. The van der Waals surface area contributed by atoms with Crippen molar-refractivity contribution < 1.29 is 9.90 Å². The number of nitrogens with zero attached hydrogens (tertiary/aromatic N) is 1. The van der Waals surface area contributed by atoms with E-state index in [0.717, 1.165) is 19.4 Å². The number of carbonyl (C=O) groups is 1. The van der Waals surface area contributed by atoms with E-state index in [1.54, 1.807) is 0 Å². The van der Waals surface area contributed by atoms with Gasteiger partial charge < -0.3 is 10.0 Å². The zero-order valence-electron chi connectivity index (χ0n) is 5.79. The van der Waals surface area contributed by atoms with Crippen LogP contribution in [0.25, 0.3) is 0 Å². The molecule has 2 fully saturated rings. The lowest BCUT2D eigenvalue weighted by atomic mass is 10.1. The number of hydrogen-bond acceptors (Lipinski definition) is 2. The van der Waals surface area contributed by atoms with Gasteiger partial charge in [0.05, 0.1) is 18.6 Å². The van der Waals surface area contributed by atoms with Gasteiger partial charge in [0.2, 0.25) is 5.91 Å². The van der Waals surface area contributed by atoms with Crippen LogP contribution in [0.5, 0.6) is 0 Å². The minimum absolute atomic E-state index is 0.134. The topological polar surface area (TPSA) is 40.5 Å². The summed E-state index contributed by atoms with van der Waals surface area (Å²) in [6.45, 7) is 0.862. The summed E-state index contributed by atoms with van der Waals surface area (Å²) in [5, 5.41) is 9.31. The molecule has 1 amide bonds. The van der Waals surface area contributed by atoms with Gasteiger partial charge in [-0.15, -0.1) is 0 Å². The number of fused-ring (bicyclic) bond motifs is 1. The molecule has 2 saturated heterocycles. The lowest BCUT2D eigenvalue weighted by Crippen LogP contribution is -2.30. The Morgan fingerprint density at radius 3 is 3.10 bits per heavy atom. The molecule has 2 aliphatic heterocycles. The third-order valence-corrected chi connectivity index (χ3v) is 2.45. The Morgan fingerprint density at radius 1 is 1.60 bits per heavy atom. The van der Waals surface area contributed by atoms with Gasteiger partial charge in [0.25, 0.3) is 0 Å². The zero-order valence-corrected chi connectivity index (χ0v) is 5.79. The highest BCUT2D eigenvalue weighted by Crippen LogP contribution is 2.28. The number of aliphatic hydroxyl groups is 1. The summed E-state index contributed by atoms with van der Waals surface area (Å²) in [7, 11) is 0. The molecule has 0 saturated carbocycles. The minimum atomic E-state index is -0.380. The molecule has 1 N–H and O–H groups in total. The lowest BCUT2D eigenvalue weighted by molar-refractivity contribution is -0.127. The molecule has 56 valence electrons. The smallest absolute Gasteiger partial charge is 0.225 e. The van der Waals surface area contributed by atoms with Crippen molar-refractivity contribution >= 4 is 5.91 Å². The van der Waals surface area contributed by atoms with Crippen LogP contribution >= 0.6 is 0 Å². The van der Waals surface area contributed by atoms with Crippen LogP contribution in [0.1, 0.15) is 19.3 Å². The molecule has 2 heterocycles. The fraction of sp³-hybridized carbons (Fsp3) is 0.857. The molecule has 0 aromatic rings. The van der Waals surface area contributed by atoms with Gasteiger partial charge in [-0.2, -0.15) is 0 Å². The van der Waals surface area contributed by atoms with Crippen LogP contribution in [-0.2, 0) is 4.79 Å². The fourth-order valence-electron chi connectivity index (χ4n) is 1.93. The molecule has 0 aromatic carbocycles. The first-order valence-corrected chi connectivity index (χ1v) is 3.76. The van der Waals surface area contributed by atoms with E-state index >= 15 is 0 Å². The van der Waals surface area contributed by atoms with Crippen LogP contribution in [0.3, 0.4) is 0 Å². The normalized spacial score (nSPS) is 38.9. The van der Waals surface area contributed by atoms with E-state index in [0.29, 0.717) is 6.42 Å². The van der Waals surface area contributed by atoms with Crippen LogP contribution in [0.4, 0.5) is 0 Å². The fourth-order valence-corrected chi connectivity index (χ4v) is 1.93. The third kappa shape index (κ3) is 0.669. The minimum Gasteiger partial charge on any atom is -0.390 e. The van der Waals surface area contributed by atoms with E-state index in [1.165, 1.54) is 0 Å². The Balaban J connectivity index is 2.19. The molecule has 0 bridgehead atoms. The SMILES string of the molecule is O=C1CC(O)C2CCCN12. The highest BCUT2D eigenvalue weighted by molar-refractivity contribution is 5.80. The maximum atomic E-state index is 11.0. The Labute approximate surface area is 59.6 Å². The van der Waals surface area contributed by atoms with Crippen molar-refractivity contribution in [1.82, 2.24) is 4.90 Å². The number of aliphatic hydroxyl groups excluding tert-OH is 1. The van der Waals surface area contributed by atoms with E-state index in [4.69, 9.17) is 0 Å². The van der Waals surface area contributed by atoms with Gasteiger partial charge in [-0.3, -0.25) is 4.79 Å². The van der Waals surface area contributed by atoms with E-state index in [1.807, 2.05) is 4.90 Å². The summed E-state index contributed by atoms with van der Waals surface area (Å²) >= 11 is 0. The van der Waals surface area contributed by atoms with Gasteiger partial charge in [-0.05, 0) is 12.8 Å². The van der Waals surface area contributed by atoms with Crippen molar-refractivity contribution in [2.45, 2.75) is 31.4 Å². The van der Waals surface area contributed by atoms with Crippen LogP contribution in [0, 0.1) is 0 Å². The molecule has 10 heavy (non-hydrogen) atoms. The first-order chi connectivity index (χ1) is 4.79. The monoisotopic (exact) mass is 141 g/mol. The van der Waals surface area contributed by atoms with E-state index in [9.17, 15) is 9.90 Å². The molecular weight excluding hydrogens is 130 g/mol. The van der Waals surface area contributed by atoms with E-state index in [-0.39, 0.29) is 18.1 Å². The maximum absolute atomic E-state index is 11.0. The first kappa shape index (κ1) is 6.16. The second-order valence-electron chi connectivity index (χ2n) is 3.07. The summed E-state index contributed by atoms with van der Waals surface area (Å²) in [5.74, 6) is 0.134. The van der Waals surface area contributed by atoms with Crippen molar-refractivity contribution in [2.75, 3.05) is 6.54 Å². The Hall–Kier alpha value is -0.570. The number of rotatable bonds is 0. The average molecular weight is 141 g/mol. The molecule has 0 aromatic heterocycles. The molecule has 0 radical (unpaired) electrons. The molecule has 2 aliphatic rings. The summed E-state index contributed by atoms with van der Waals surface area (Å²) in [4.78, 5) is 12.8. The molecule has 3 heteroatoms. The molecule has 2 atom stereocenters. The van der Waals surface area contributed by atoms with Gasteiger partial charge in [0, 0.05) is 6.54 Å². The number of carbonyl (C=O) groups excluding carboxylic acids is 1. The average Bonchev–Trinajstić information content (AvgIpc) is 2.39. The van der Waals surface area contributed by atoms with Gasteiger partial charge >= 0.3 is 0 Å². The second kappa shape index (κ2) is 1.95. The zero-order chi connectivity index (χ0) is 7.14. The van der Waals surface area contributed by atoms with Crippen molar-refractivity contribution in [3.8, 4) is 0 Å². The molecule has 0 aliphatic carbocycles. The molecule has 2 rings (SSSR count). The van der Waals surface area contributed by atoms with E-state index in [2.05, 4.69) is 0 Å². The third-order valence-electron chi connectivity index (χ3n) is 2.45. The van der Waals surface area contributed by atoms with Gasteiger partial charge in [-0.1, -0.05) is 0 Å². The molecule has 0 spiro atoms. The predicted molar refractivity (Wildman–Crippen MR) is 35.4 cm³/mol. The molecule has 3 nitrogen and oxygen atoms in total. The predicted octanol–water partition coefficient (Wildman–Crippen LogP) is -0.258. The first-order valence-electron chi connectivity index (χ1n) is 3.76. The lowest BCUT2D eigenvalue weighted by Gasteiger charge is -2.15. The Bertz CT molecular complexity index is 169. The summed E-state index contributed by atoms with van der Waals surface area (Å²) in [6, 6.07) is 0.160. The standard InChI is InChI=1S/C7H11NO2/c9-6-4-7(10)8-3-1-2-5(6)8/h5-6,9H,1-4H2.